The Morgan fingerprint density at radius 1 is 1.35 bits per heavy atom. The molecule has 1 aromatic rings. The van der Waals surface area contributed by atoms with Crippen molar-refractivity contribution >= 4 is 0 Å². The summed E-state index contributed by atoms with van der Waals surface area (Å²) in [5, 5.41) is 13.1. The van der Waals surface area contributed by atoms with E-state index < -0.39 is 6.10 Å². The van der Waals surface area contributed by atoms with Crippen molar-refractivity contribution in [2.24, 2.45) is 0 Å². The predicted octanol–water partition coefficient (Wildman–Crippen LogP) is 1.81. The van der Waals surface area contributed by atoms with Crippen molar-refractivity contribution in [1.29, 1.82) is 0 Å². The van der Waals surface area contributed by atoms with Crippen LogP contribution < -0.4 is 10.1 Å². The second-order valence-electron chi connectivity index (χ2n) is 5.58. The van der Waals surface area contributed by atoms with Crippen molar-refractivity contribution in [3.05, 3.63) is 29.3 Å². The second kappa shape index (κ2) is 7.62. The molecule has 1 aliphatic heterocycles. The van der Waals surface area contributed by atoms with E-state index in [2.05, 4.69) is 11.4 Å². The smallest absolute Gasteiger partial charge is 0.119 e. The molecule has 0 radical (unpaired) electrons. The Kier molecular flexibility index (Phi) is 5.83. The van der Waals surface area contributed by atoms with E-state index in [4.69, 9.17) is 9.47 Å². The maximum Gasteiger partial charge on any atom is 0.119 e. The number of benzene rings is 1. The van der Waals surface area contributed by atoms with Crippen molar-refractivity contribution in [1.82, 2.24) is 5.32 Å². The molecular weight excluding hydrogens is 254 g/mol. The lowest BCUT2D eigenvalue weighted by Gasteiger charge is -2.15. The van der Waals surface area contributed by atoms with E-state index in [0.29, 0.717) is 19.3 Å². The van der Waals surface area contributed by atoms with Crippen molar-refractivity contribution in [2.75, 3.05) is 26.3 Å². The van der Waals surface area contributed by atoms with E-state index in [1.54, 1.807) is 0 Å². The van der Waals surface area contributed by atoms with E-state index in [1.165, 1.54) is 11.1 Å². The fourth-order valence-electron chi connectivity index (χ4n) is 2.48. The highest BCUT2D eigenvalue weighted by atomic mass is 16.5. The van der Waals surface area contributed by atoms with Gasteiger partial charge in [0.1, 0.15) is 18.5 Å². The van der Waals surface area contributed by atoms with Crippen LogP contribution in [0.2, 0.25) is 0 Å². The Morgan fingerprint density at radius 3 is 2.75 bits per heavy atom. The Morgan fingerprint density at radius 2 is 2.10 bits per heavy atom. The number of aryl methyl sites for hydroxylation is 2. The summed E-state index contributed by atoms with van der Waals surface area (Å²) >= 11 is 0. The van der Waals surface area contributed by atoms with Gasteiger partial charge < -0.3 is 19.9 Å². The first-order chi connectivity index (χ1) is 9.63. The maximum absolute atomic E-state index is 9.89. The van der Waals surface area contributed by atoms with E-state index in [1.807, 2.05) is 26.0 Å². The molecule has 1 fully saturated rings. The van der Waals surface area contributed by atoms with Crippen LogP contribution in [0, 0.1) is 13.8 Å². The number of aliphatic hydroxyl groups excluding tert-OH is 1. The van der Waals surface area contributed by atoms with Gasteiger partial charge in [0, 0.05) is 19.7 Å². The molecule has 1 aromatic carbocycles. The fourth-order valence-corrected chi connectivity index (χ4v) is 2.48. The molecule has 2 N–H and O–H groups in total. The van der Waals surface area contributed by atoms with Crippen LogP contribution in [-0.4, -0.2) is 43.6 Å². The lowest BCUT2D eigenvalue weighted by Crippen LogP contribution is -2.35. The van der Waals surface area contributed by atoms with Gasteiger partial charge in [0.25, 0.3) is 0 Å². The molecule has 0 bridgehead atoms. The summed E-state index contributed by atoms with van der Waals surface area (Å²) < 4.78 is 11.1. The Hall–Kier alpha value is -1.10. The van der Waals surface area contributed by atoms with Gasteiger partial charge in [0.2, 0.25) is 0 Å². The normalized spacial score (nSPS) is 20.1. The first-order valence-electron chi connectivity index (χ1n) is 7.35. The summed E-state index contributed by atoms with van der Waals surface area (Å²) in [6.45, 7) is 6.59. The molecule has 1 heterocycles. The van der Waals surface area contributed by atoms with E-state index in [0.717, 1.165) is 31.7 Å². The number of ether oxygens (including phenoxy) is 2. The lowest BCUT2D eigenvalue weighted by molar-refractivity contribution is 0.0881. The third-order valence-corrected chi connectivity index (χ3v) is 3.41. The minimum Gasteiger partial charge on any atom is -0.491 e. The summed E-state index contributed by atoms with van der Waals surface area (Å²) in [6, 6.07) is 6.07. The van der Waals surface area contributed by atoms with Crippen LogP contribution in [0.5, 0.6) is 5.75 Å². The summed E-state index contributed by atoms with van der Waals surface area (Å²) in [7, 11) is 0. The largest absolute Gasteiger partial charge is 0.491 e. The van der Waals surface area contributed by atoms with Crippen molar-refractivity contribution in [3.8, 4) is 5.75 Å². The van der Waals surface area contributed by atoms with Crippen molar-refractivity contribution in [2.45, 2.75) is 38.9 Å². The Bertz CT molecular complexity index is 396. The van der Waals surface area contributed by atoms with Gasteiger partial charge in [-0.05, 0) is 49.9 Å². The first-order valence-corrected chi connectivity index (χ1v) is 7.35. The fraction of sp³-hybridized carbons (Fsp3) is 0.625. The van der Waals surface area contributed by atoms with E-state index in [-0.39, 0.29) is 0 Å². The molecule has 2 rings (SSSR count). The predicted molar refractivity (Wildman–Crippen MR) is 79.3 cm³/mol. The highest BCUT2D eigenvalue weighted by molar-refractivity contribution is 5.32. The molecule has 2 unspecified atom stereocenters. The molecule has 20 heavy (non-hydrogen) atoms. The zero-order valence-corrected chi connectivity index (χ0v) is 12.4. The number of nitrogens with one attached hydrogen (secondary N) is 1. The molecular formula is C16H25NO3. The molecule has 0 aromatic heterocycles. The standard InChI is InChI=1S/C16H25NO3/c1-12-6-13(2)8-16(7-12)20-11-14(18)9-17-10-15-4-3-5-19-15/h6-8,14-15,17-18H,3-5,9-11H2,1-2H3. The summed E-state index contributed by atoms with van der Waals surface area (Å²) in [4.78, 5) is 0. The highest BCUT2D eigenvalue weighted by Gasteiger charge is 2.15. The summed E-state index contributed by atoms with van der Waals surface area (Å²) in [6.07, 6.45) is 2.06. The van der Waals surface area contributed by atoms with Crippen LogP contribution in [0.25, 0.3) is 0 Å². The zero-order valence-electron chi connectivity index (χ0n) is 12.4. The molecule has 4 heteroatoms. The number of hydrogen-bond acceptors (Lipinski definition) is 4. The summed E-state index contributed by atoms with van der Waals surface area (Å²) in [5.41, 5.74) is 2.34. The maximum atomic E-state index is 9.89. The minimum absolute atomic E-state index is 0.307. The van der Waals surface area contributed by atoms with Crippen LogP contribution in [0.3, 0.4) is 0 Å². The van der Waals surface area contributed by atoms with Crippen molar-refractivity contribution in [3.63, 3.8) is 0 Å². The van der Waals surface area contributed by atoms with Crippen LogP contribution in [0.1, 0.15) is 24.0 Å². The molecule has 0 spiro atoms. The van der Waals surface area contributed by atoms with Gasteiger partial charge in [-0.25, -0.2) is 0 Å². The third kappa shape index (κ3) is 5.12. The lowest BCUT2D eigenvalue weighted by atomic mass is 10.1. The third-order valence-electron chi connectivity index (χ3n) is 3.41. The second-order valence-corrected chi connectivity index (χ2v) is 5.58. The zero-order chi connectivity index (χ0) is 14.4. The van der Waals surface area contributed by atoms with Crippen LogP contribution in [-0.2, 0) is 4.74 Å². The molecule has 112 valence electrons. The number of rotatable bonds is 7. The van der Waals surface area contributed by atoms with E-state index in [9.17, 15) is 5.11 Å². The molecule has 1 aliphatic rings. The van der Waals surface area contributed by atoms with Crippen LogP contribution in [0.4, 0.5) is 0 Å². The number of aliphatic hydroxyl groups is 1. The molecule has 0 aliphatic carbocycles. The van der Waals surface area contributed by atoms with Crippen LogP contribution >= 0.6 is 0 Å². The average molecular weight is 279 g/mol. The van der Waals surface area contributed by atoms with Gasteiger partial charge in [0.15, 0.2) is 0 Å². The van der Waals surface area contributed by atoms with Crippen molar-refractivity contribution < 1.29 is 14.6 Å². The summed E-state index contributed by atoms with van der Waals surface area (Å²) in [5.74, 6) is 0.820. The van der Waals surface area contributed by atoms with Crippen LogP contribution in [0.15, 0.2) is 18.2 Å². The highest BCUT2D eigenvalue weighted by Crippen LogP contribution is 2.16. The molecule has 0 amide bonds. The Labute approximate surface area is 121 Å². The molecule has 0 saturated carbocycles. The topological polar surface area (TPSA) is 50.7 Å². The van der Waals surface area contributed by atoms with Gasteiger partial charge in [0.05, 0.1) is 6.10 Å². The molecule has 2 atom stereocenters. The van der Waals surface area contributed by atoms with Gasteiger partial charge in [-0.3, -0.25) is 0 Å². The molecule has 4 nitrogen and oxygen atoms in total. The van der Waals surface area contributed by atoms with Gasteiger partial charge in [-0.15, -0.1) is 0 Å². The average Bonchev–Trinajstić information content (AvgIpc) is 2.88. The molecule has 1 saturated heterocycles. The van der Waals surface area contributed by atoms with Gasteiger partial charge >= 0.3 is 0 Å². The minimum atomic E-state index is -0.503. The Balaban J connectivity index is 1.65. The number of hydrogen-bond donors (Lipinski definition) is 2. The van der Waals surface area contributed by atoms with Gasteiger partial charge in [-0.2, -0.15) is 0 Å². The first kappa shape index (κ1) is 15.3. The monoisotopic (exact) mass is 279 g/mol. The van der Waals surface area contributed by atoms with E-state index >= 15 is 0 Å². The quantitative estimate of drug-likeness (QED) is 0.799. The SMILES string of the molecule is Cc1cc(C)cc(OCC(O)CNCC2CCCO2)c1. The van der Waals surface area contributed by atoms with Gasteiger partial charge in [-0.1, -0.05) is 6.07 Å².